The molecule has 0 saturated carbocycles. The average Bonchev–Trinajstić information content (AvgIpc) is 3.32. The normalized spacial score (nSPS) is 20.0. The van der Waals surface area contributed by atoms with E-state index in [1.165, 1.54) is 6.33 Å². The molecule has 3 unspecified atom stereocenters. The standard InChI is InChI=1S/C20H25N5O7/c1-2-30-17(29)10-31-24-15(28)6-4-3-5-12-8-25(16-7-13(27)14(9-26)32-16)20-18(12)19(21)22-11-23-20/h8,11,13-14,16,26-27H,2,4,6-7,9-10H2,1H3,(H,24,28)(H2,21,22,23). The van der Waals surface area contributed by atoms with Crippen LogP contribution < -0.4 is 11.2 Å². The second kappa shape index (κ2) is 10.9. The van der Waals surface area contributed by atoms with Crippen molar-refractivity contribution in [1.82, 2.24) is 20.0 Å². The van der Waals surface area contributed by atoms with E-state index in [0.717, 1.165) is 0 Å². The summed E-state index contributed by atoms with van der Waals surface area (Å²) >= 11 is 0. The van der Waals surface area contributed by atoms with Crippen molar-refractivity contribution < 1.29 is 34.1 Å². The lowest BCUT2D eigenvalue weighted by atomic mass is 10.2. The van der Waals surface area contributed by atoms with E-state index in [1.54, 1.807) is 17.7 Å². The number of nitrogens with one attached hydrogen (secondary N) is 1. The van der Waals surface area contributed by atoms with E-state index in [-0.39, 0.29) is 44.9 Å². The van der Waals surface area contributed by atoms with Crippen molar-refractivity contribution in [2.24, 2.45) is 0 Å². The van der Waals surface area contributed by atoms with E-state index in [4.69, 9.17) is 15.3 Å². The van der Waals surface area contributed by atoms with Gasteiger partial charge in [-0.2, -0.15) is 0 Å². The molecule has 12 nitrogen and oxygen atoms in total. The highest BCUT2D eigenvalue weighted by atomic mass is 16.7. The molecule has 1 aliphatic rings. The smallest absolute Gasteiger partial charge is 0.334 e. The molecule has 32 heavy (non-hydrogen) atoms. The molecule has 2 aromatic heterocycles. The van der Waals surface area contributed by atoms with Crippen LogP contribution in [0, 0.1) is 11.8 Å². The maximum atomic E-state index is 11.8. The predicted octanol–water partition coefficient (Wildman–Crippen LogP) is -0.603. The van der Waals surface area contributed by atoms with Crippen molar-refractivity contribution in [3.05, 3.63) is 18.1 Å². The summed E-state index contributed by atoms with van der Waals surface area (Å²) in [5, 5.41) is 19.9. The Kier molecular flexibility index (Phi) is 7.96. The number of esters is 1. The highest BCUT2D eigenvalue weighted by Crippen LogP contribution is 2.33. The monoisotopic (exact) mass is 447 g/mol. The lowest BCUT2D eigenvalue weighted by Crippen LogP contribution is -2.27. The third-order valence-corrected chi connectivity index (χ3v) is 4.71. The van der Waals surface area contributed by atoms with Gasteiger partial charge in [0.1, 0.15) is 30.1 Å². The molecule has 5 N–H and O–H groups in total. The Balaban J connectivity index is 1.65. The number of aliphatic hydroxyl groups excluding tert-OH is 2. The van der Waals surface area contributed by atoms with Crippen LogP contribution in [0.4, 0.5) is 5.82 Å². The Labute approximate surface area is 183 Å². The molecule has 172 valence electrons. The molecule has 0 aromatic carbocycles. The van der Waals surface area contributed by atoms with E-state index in [1.807, 2.05) is 0 Å². The van der Waals surface area contributed by atoms with Gasteiger partial charge in [0.2, 0.25) is 5.91 Å². The molecule has 1 saturated heterocycles. The van der Waals surface area contributed by atoms with Crippen molar-refractivity contribution in [2.75, 3.05) is 25.6 Å². The molecule has 0 aliphatic carbocycles. The van der Waals surface area contributed by atoms with Crippen LogP contribution in [0.25, 0.3) is 11.0 Å². The van der Waals surface area contributed by atoms with Crippen LogP contribution in [0.15, 0.2) is 12.5 Å². The number of nitrogen functional groups attached to an aromatic ring is 1. The zero-order valence-corrected chi connectivity index (χ0v) is 17.5. The number of carbonyl (C=O) groups excluding carboxylic acids is 2. The number of aromatic nitrogens is 3. The zero-order chi connectivity index (χ0) is 23.1. The van der Waals surface area contributed by atoms with Crippen LogP contribution in [0.1, 0.15) is 38.0 Å². The number of aliphatic hydroxyl groups is 2. The van der Waals surface area contributed by atoms with Gasteiger partial charge in [-0.25, -0.2) is 20.2 Å². The first-order valence-electron chi connectivity index (χ1n) is 10.0. The third-order valence-electron chi connectivity index (χ3n) is 4.71. The molecule has 12 heteroatoms. The number of hydrogen-bond donors (Lipinski definition) is 4. The minimum absolute atomic E-state index is 0.0521. The van der Waals surface area contributed by atoms with Crippen LogP contribution in [-0.4, -0.2) is 68.7 Å². The highest BCUT2D eigenvalue weighted by Gasteiger charge is 2.35. The lowest BCUT2D eigenvalue weighted by Gasteiger charge is -2.14. The molecular formula is C20H25N5O7. The minimum Gasteiger partial charge on any atom is -0.464 e. The summed E-state index contributed by atoms with van der Waals surface area (Å²) in [5.41, 5.74) is 9.21. The van der Waals surface area contributed by atoms with Crippen LogP contribution >= 0.6 is 0 Å². The molecule has 0 bridgehead atoms. The average molecular weight is 447 g/mol. The van der Waals surface area contributed by atoms with Crippen LogP contribution in [0.2, 0.25) is 0 Å². The number of rotatable bonds is 8. The van der Waals surface area contributed by atoms with Gasteiger partial charge in [-0.1, -0.05) is 11.8 Å². The lowest BCUT2D eigenvalue weighted by molar-refractivity contribution is -0.154. The summed E-state index contributed by atoms with van der Waals surface area (Å²) < 4.78 is 12.1. The number of amides is 1. The van der Waals surface area contributed by atoms with E-state index in [2.05, 4.69) is 32.0 Å². The molecule has 1 aliphatic heterocycles. The van der Waals surface area contributed by atoms with Crippen molar-refractivity contribution in [1.29, 1.82) is 0 Å². The van der Waals surface area contributed by atoms with Gasteiger partial charge < -0.3 is 30.0 Å². The van der Waals surface area contributed by atoms with Gasteiger partial charge in [0.25, 0.3) is 0 Å². The maximum Gasteiger partial charge on any atom is 0.334 e. The first-order valence-corrected chi connectivity index (χ1v) is 10.0. The molecule has 1 amide bonds. The fourth-order valence-corrected chi connectivity index (χ4v) is 3.24. The molecular weight excluding hydrogens is 422 g/mol. The molecule has 3 heterocycles. The van der Waals surface area contributed by atoms with E-state index < -0.39 is 30.3 Å². The topological polar surface area (TPSA) is 171 Å². The van der Waals surface area contributed by atoms with E-state index in [0.29, 0.717) is 16.6 Å². The summed E-state index contributed by atoms with van der Waals surface area (Å²) in [6.45, 7) is 1.22. The highest BCUT2D eigenvalue weighted by molar-refractivity contribution is 5.92. The fourth-order valence-electron chi connectivity index (χ4n) is 3.24. The molecule has 0 spiro atoms. The summed E-state index contributed by atoms with van der Waals surface area (Å²) in [6, 6.07) is 0. The zero-order valence-electron chi connectivity index (χ0n) is 17.5. The summed E-state index contributed by atoms with van der Waals surface area (Å²) in [6.07, 6.45) is 1.53. The van der Waals surface area contributed by atoms with Crippen molar-refractivity contribution in [3.63, 3.8) is 0 Å². The molecule has 1 fully saturated rings. The van der Waals surface area contributed by atoms with Crippen LogP contribution in [0.5, 0.6) is 0 Å². The van der Waals surface area contributed by atoms with Gasteiger partial charge in [0, 0.05) is 25.5 Å². The predicted molar refractivity (Wildman–Crippen MR) is 110 cm³/mol. The Hall–Kier alpha value is -3.24. The molecule has 0 radical (unpaired) electrons. The van der Waals surface area contributed by atoms with Crippen molar-refractivity contribution >= 4 is 28.7 Å². The number of nitrogens with two attached hydrogens (primary N) is 1. The van der Waals surface area contributed by atoms with Gasteiger partial charge in [0.05, 0.1) is 30.3 Å². The largest absolute Gasteiger partial charge is 0.464 e. The number of hydrogen-bond acceptors (Lipinski definition) is 10. The summed E-state index contributed by atoms with van der Waals surface area (Å²) in [5.74, 6) is 5.08. The number of carbonyl (C=O) groups is 2. The number of fused-ring (bicyclic) bond motifs is 1. The second-order valence-electron chi connectivity index (χ2n) is 6.94. The Bertz CT molecular complexity index is 1030. The fraction of sp³-hybridized carbons (Fsp3) is 0.500. The number of hydroxylamine groups is 1. The maximum absolute atomic E-state index is 11.8. The van der Waals surface area contributed by atoms with Crippen LogP contribution in [-0.2, 0) is 23.9 Å². The van der Waals surface area contributed by atoms with Gasteiger partial charge >= 0.3 is 5.97 Å². The van der Waals surface area contributed by atoms with Gasteiger partial charge in [-0.15, -0.1) is 0 Å². The summed E-state index contributed by atoms with van der Waals surface area (Å²) in [7, 11) is 0. The number of ether oxygens (including phenoxy) is 2. The molecule has 3 atom stereocenters. The Morgan fingerprint density at radius 2 is 2.25 bits per heavy atom. The van der Waals surface area contributed by atoms with Gasteiger partial charge in [0.15, 0.2) is 6.61 Å². The van der Waals surface area contributed by atoms with E-state index in [9.17, 15) is 19.8 Å². The Morgan fingerprint density at radius 1 is 1.44 bits per heavy atom. The minimum atomic E-state index is -0.805. The van der Waals surface area contributed by atoms with Crippen LogP contribution in [0.3, 0.4) is 0 Å². The Morgan fingerprint density at radius 3 is 2.97 bits per heavy atom. The summed E-state index contributed by atoms with van der Waals surface area (Å²) in [4.78, 5) is 36.0. The van der Waals surface area contributed by atoms with E-state index >= 15 is 0 Å². The number of nitrogens with zero attached hydrogens (tertiary/aromatic N) is 3. The second-order valence-corrected chi connectivity index (χ2v) is 6.94. The van der Waals surface area contributed by atoms with Gasteiger partial charge in [-0.05, 0) is 6.92 Å². The van der Waals surface area contributed by atoms with Crippen molar-refractivity contribution in [3.8, 4) is 11.8 Å². The van der Waals surface area contributed by atoms with Gasteiger partial charge in [-0.3, -0.25) is 9.63 Å². The first kappa shape index (κ1) is 23.4. The SMILES string of the molecule is CCOC(=O)CONC(=O)CCC#Cc1cn(C2CC(O)C(CO)O2)c2ncnc(N)c12. The van der Waals surface area contributed by atoms with Crippen molar-refractivity contribution in [2.45, 2.75) is 44.6 Å². The molecule has 3 rings (SSSR count). The third kappa shape index (κ3) is 5.51. The quantitative estimate of drug-likeness (QED) is 0.233. The molecule has 2 aromatic rings. The number of anilines is 1. The first-order chi connectivity index (χ1) is 15.4.